The third kappa shape index (κ3) is 5.69. The van der Waals surface area contributed by atoms with Gasteiger partial charge in [-0.1, -0.05) is 43.2 Å². The first kappa shape index (κ1) is 16.0. The molecule has 0 aromatic heterocycles. The first-order valence-corrected chi connectivity index (χ1v) is 6.78. The number of carboxylic acid groups (broad SMARTS) is 1. The first-order chi connectivity index (χ1) is 9.52. The molecular formula is C16H21NO3. The zero-order chi connectivity index (χ0) is 15.0. The molecule has 1 rings (SSSR count). The van der Waals surface area contributed by atoms with E-state index in [1.54, 1.807) is 6.08 Å². The van der Waals surface area contributed by atoms with Crippen molar-refractivity contribution < 1.29 is 14.7 Å². The highest BCUT2D eigenvalue weighted by atomic mass is 16.4. The van der Waals surface area contributed by atoms with Crippen LogP contribution >= 0.6 is 0 Å². The second-order valence-corrected chi connectivity index (χ2v) is 4.81. The molecule has 0 aliphatic rings. The minimum atomic E-state index is -0.866. The number of nitrogens with one attached hydrogen (secondary N) is 1. The average Bonchev–Trinajstić information content (AvgIpc) is 2.42. The number of carbonyl (C=O) groups excluding carboxylic acids is 1. The van der Waals surface area contributed by atoms with Crippen LogP contribution in [0, 0.1) is 12.8 Å². The van der Waals surface area contributed by atoms with E-state index in [0.29, 0.717) is 6.42 Å². The average molecular weight is 275 g/mol. The van der Waals surface area contributed by atoms with Crippen molar-refractivity contribution in [2.75, 3.05) is 6.54 Å². The van der Waals surface area contributed by atoms with Crippen molar-refractivity contribution in [1.29, 1.82) is 0 Å². The highest BCUT2D eigenvalue weighted by molar-refractivity contribution is 5.91. The van der Waals surface area contributed by atoms with Crippen LogP contribution in [0.25, 0.3) is 6.08 Å². The van der Waals surface area contributed by atoms with E-state index < -0.39 is 11.9 Å². The zero-order valence-corrected chi connectivity index (χ0v) is 11.9. The molecule has 0 aliphatic carbocycles. The SMILES string of the molecule is CCCC(CNC(=O)C=Cc1ccc(C)cc1)C(=O)O. The van der Waals surface area contributed by atoms with E-state index in [2.05, 4.69) is 5.32 Å². The molecule has 1 aromatic carbocycles. The molecule has 0 saturated carbocycles. The van der Waals surface area contributed by atoms with E-state index in [1.807, 2.05) is 38.1 Å². The van der Waals surface area contributed by atoms with Crippen LogP contribution in [-0.2, 0) is 9.59 Å². The third-order valence-electron chi connectivity index (χ3n) is 3.01. The van der Waals surface area contributed by atoms with Gasteiger partial charge in [0.1, 0.15) is 0 Å². The van der Waals surface area contributed by atoms with Gasteiger partial charge in [0, 0.05) is 12.6 Å². The number of aryl methyl sites for hydroxylation is 1. The quantitative estimate of drug-likeness (QED) is 0.752. The minimum Gasteiger partial charge on any atom is -0.481 e. The van der Waals surface area contributed by atoms with Gasteiger partial charge in [0.25, 0.3) is 0 Å². The van der Waals surface area contributed by atoms with Gasteiger partial charge in [0.15, 0.2) is 0 Å². The van der Waals surface area contributed by atoms with Crippen LogP contribution < -0.4 is 5.32 Å². The summed E-state index contributed by atoms with van der Waals surface area (Å²) in [5.41, 5.74) is 2.10. The Labute approximate surface area is 119 Å². The molecule has 108 valence electrons. The predicted octanol–water partition coefficient (Wildman–Crippen LogP) is 2.63. The lowest BCUT2D eigenvalue weighted by molar-refractivity contribution is -0.141. The summed E-state index contributed by atoms with van der Waals surface area (Å²) in [5.74, 6) is -1.65. The van der Waals surface area contributed by atoms with Crippen LogP contribution in [0.1, 0.15) is 30.9 Å². The lowest BCUT2D eigenvalue weighted by Gasteiger charge is -2.10. The monoisotopic (exact) mass is 275 g/mol. The molecule has 1 aromatic rings. The standard InChI is InChI=1S/C16H21NO3/c1-3-4-14(16(19)20)11-17-15(18)10-9-13-7-5-12(2)6-8-13/h5-10,14H,3-4,11H2,1-2H3,(H,17,18)(H,19,20). The van der Waals surface area contributed by atoms with Gasteiger partial charge in [-0.25, -0.2) is 0 Å². The van der Waals surface area contributed by atoms with E-state index >= 15 is 0 Å². The maximum Gasteiger partial charge on any atom is 0.308 e. The second kappa shape index (κ2) is 8.15. The number of rotatable bonds is 7. The van der Waals surface area contributed by atoms with Crippen LogP contribution in [0.2, 0.25) is 0 Å². The minimum absolute atomic E-state index is 0.167. The summed E-state index contributed by atoms with van der Waals surface area (Å²) in [6, 6.07) is 7.80. The number of hydrogen-bond acceptors (Lipinski definition) is 2. The molecule has 4 nitrogen and oxygen atoms in total. The first-order valence-electron chi connectivity index (χ1n) is 6.78. The van der Waals surface area contributed by atoms with Crippen molar-refractivity contribution in [2.45, 2.75) is 26.7 Å². The zero-order valence-electron chi connectivity index (χ0n) is 11.9. The molecule has 4 heteroatoms. The molecule has 0 bridgehead atoms. The molecule has 0 saturated heterocycles. The Morgan fingerprint density at radius 2 is 1.95 bits per heavy atom. The van der Waals surface area contributed by atoms with Gasteiger partial charge in [0.05, 0.1) is 5.92 Å². The third-order valence-corrected chi connectivity index (χ3v) is 3.01. The fraction of sp³-hybridized carbons (Fsp3) is 0.375. The normalized spacial score (nSPS) is 12.3. The number of carbonyl (C=O) groups is 2. The van der Waals surface area contributed by atoms with Crippen LogP contribution in [-0.4, -0.2) is 23.5 Å². The van der Waals surface area contributed by atoms with Crippen molar-refractivity contribution in [1.82, 2.24) is 5.32 Å². The molecule has 1 atom stereocenters. The van der Waals surface area contributed by atoms with E-state index in [4.69, 9.17) is 5.11 Å². The summed E-state index contributed by atoms with van der Waals surface area (Å²) < 4.78 is 0. The van der Waals surface area contributed by atoms with Gasteiger partial charge in [-0.3, -0.25) is 9.59 Å². The Bertz CT molecular complexity index is 477. The highest BCUT2D eigenvalue weighted by Gasteiger charge is 2.16. The van der Waals surface area contributed by atoms with Crippen molar-refractivity contribution in [3.05, 3.63) is 41.5 Å². The second-order valence-electron chi connectivity index (χ2n) is 4.81. The Kier molecular flexibility index (Phi) is 6.50. The van der Waals surface area contributed by atoms with Crippen LogP contribution in [0.3, 0.4) is 0 Å². The van der Waals surface area contributed by atoms with E-state index in [0.717, 1.165) is 17.5 Å². The van der Waals surface area contributed by atoms with Gasteiger partial charge in [-0.05, 0) is 25.0 Å². The molecule has 0 fully saturated rings. The number of aliphatic carboxylic acids is 1. The molecule has 2 N–H and O–H groups in total. The molecule has 1 unspecified atom stereocenters. The van der Waals surface area contributed by atoms with Crippen LogP contribution in [0.4, 0.5) is 0 Å². The molecule has 20 heavy (non-hydrogen) atoms. The maximum atomic E-state index is 11.6. The van der Waals surface area contributed by atoms with Gasteiger partial charge in [-0.15, -0.1) is 0 Å². The number of carboxylic acids is 1. The Morgan fingerprint density at radius 3 is 2.50 bits per heavy atom. The summed E-state index contributed by atoms with van der Waals surface area (Å²) in [5, 5.41) is 11.6. The number of benzene rings is 1. The Balaban J connectivity index is 2.46. The van der Waals surface area contributed by atoms with Crippen LogP contribution in [0.5, 0.6) is 0 Å². The van der Waals surface area contributed by atoms with Gasteiger partial charge < -0.3 is 10.4 Å². The largest absolute Gasteiger partial charge is 0.481 e. The van der Waals surface area contributed by atoms with E-state index in [1.165, 1.54) is 6.08 Å². The summed E-state index contributed by atoms with van der Waals surface area (Å²) in [6.07, 6.45) is 4.49. The molecule has 0 heterocycles. The summed E-state index contributed by atoms with van der Waals surface area (Å²) >= 11 is 0. The smallest absolute Gasteiger partial charge is 0.308 e. The molecule has 0 aliphatic heterocycles. The topological polar surface area (TPSA) is 66.4 Å². The molecule has 0 spiro atoms. The fourth-order valence-corrected chi connectivity index (χ4v) is 1.79. The summed E-state index contributed by atoms with van der Waals surface area (Å²) in [4.78, 5) is 22.6. The maximum absolute atomic E-state index is 11.6. The van der Waals surface area contributed by atoms with Gasteiger partial charge in [0.2, 0.25) is 5.91 Å². The van der Waals surface area contributed by atoms with E-state index in [-0.39, 0.29) is 12.5 Å². The number of hydrogen-bond donors (Lipinski definition) is 2. The van der Waals surface area contributed by atoms with Crippen molar-refractivity contribution in [3.63, 3.8) is 0 Å². The van der Waals surface area contributed by atoms with Gasteiger partial charge in [-0.2, -0.15) is 0 Å². The Hall–Kier alpha value is -2.10. The fourth-order valence-electron chi connectivity index (χ4n) is 1.79. The molecule has 0 radical (unpaired) electrons. The van der Waals surface area contributed by atoms with E-state index in [9.17, 15) is 9.59 Å². The molecular weight excluding hydrogens is 254 g/mol. The lowest BCUT2D eigenvalue weighted by Crippen LogP contribution is -2.31. The molecule has 1 amide bonds. The predicted molar refractivity (Wildman–Crippen MR) is 79.3 cm³/mol. The lowest BCUT2D eigenvalue weighted by atomic mass is 10.0. The Morgan fingerprint density at radius 1 is 1.30 bits per heavy atom. The van der Waals surface area contributed by atoms with Crippen molar-refractivity contribution in [2.24, 2.45) is 5.92 Å². The summed E-state index contributed by atoms with van der Waals surface area (Å²) in [6.45, 7) is 4.09. The van der Waals surface area contributed by atoms with Crippen molar-refractivity contribution >= 4 is 18.0 Å². The number of amides is 1. The van der Waals surface area contributed by atoms with Gasteiger partial charge >= 0.3 is 5.97 Å². The van der Waals surface area contributed by atoms with Crippen molar-refractivity contribution in [3.8, 4) is 0 Å². The highest BCUT2D eigenvalue weighted by Crippen LogP contribution is 2.06. The summed E-state index contributed by atoms with van der Waals surface area (Å²) in [7, 11) is 0. The van der Waals surface area contributed by atoms with Crippen LogP contribution in [0.15, 0.2) is 30.3 Å².